The summed E-state index contributed by atoms with van der Waals surface area (Å²) < 4.78 is 53.5. The van der Waals surface area contributed by atoms with Crippen molar-refractivity contribution in [3.05, 3.63) is 40.3 Å². The van der Waals surface area contributed by atoms with Crippen LogP contribution in [0.15, 0.2) is 28.9 Å². The Morgan fingerprint density at radius 3 is 2.60 bits per heavy atom. The number of benzene rings is 1. The Bertz CT molecular complexity index is 850. The summed E-state index contributed by atoms with van der Waals surface area (Å²) in [6, 6.07) is 1.46. The Balaban J connectivity index is 2.16. The normalized spacial score (nSPS) is 17.4. The van der Waals surface area contributed by atoms with Crippen molar-refractivity contribution >= 4 is 35.1 Å². The Hall–Kier alpha value is -2.62. The number of nitrogens with zero attached hydrogens (tertiary/aromatic N) is 3. The fraction of sp³-hybridized carbons (Fsp3) is 0.214. The summed E-state index contributed by atoms with van der Waals surface area (Å²) in [5.74, 6) is -4.16. The van der Waals surface area contributed by atoms with Gasteiger partial charge in [-0.15, -0.1) is 0 Å². The van der Waals surface area contributed by atoms with Crippen molar-refractivity contribution in [3.63, 3.8) is 0 Å². The van der Waals surface area contributed by atoms with Crippen LogP contribution in [0.3, 0.4) is 0 Å². The van der Waals surface area contributed by atoms with Gasteiger partial charge in [0.1, 0.15) is 11.5 Å². The van der Waals surface area contributed by atoms with Gasteiger partial charge in [0, 0.05) is 12.6 Å². The smallest absolute Gasteiger partial charge is 0.431 e. The molecule has 0 bridgehead atoms. The number of amides is 1. The van der Waals surface area contributed by atoms with Gasteiger partial charge >= 0.3 is 12.1 Å². The van der Waals surface area contributed by atoms with E-state index in [1.54, 1.807) is 0 Å². The lowest BCUT2D eigenvalue weighted by Crippen LogP contribution is -2.51. The molecule has 0 saturated heterocycles. The predicted octanol–water partition coefficient (Wildman–Crippen LogP) is 2.64. The Morgan fingerprint density at radius 2 is 2.00 bits per heavy atom. The number of hydrogen-bond acceptors (Lipinski definition) is 4. The van der Waals surface area contributed by atoms with E-state index in [2.05, 4.69) is 4.99 Å². The number of aromatic carboxylic acids is 1. The largest absolute Gasteiger partial charge is 0.478 e. The molecule has 0 aromatic heterocycles. The first kappa shape index (κ1) is 17.2. The van der Waals surface area contributed by atoms with Gasteiger partial charge in [-0.1, -0.05) is 11.6 Å². The molecule has 1 aromatic carbocycles. The van der Waals surface area contributed by atoms with E-state index >= 15 is 0 Å². The minimum atomic E-state index is -4.79. The van der Waals surface area contributed by atoms with Crippen molar-refractivity contribution in [1.29, 1.82) is 0 Å². The number of halogens is 5. The maximum absolute atomic E-state index is 14.3. The van der Waals surface area contributed by atoms with Gasteiger partial charge in [0.05, 0.1) is 22.8 Å². The van der Waals surface area contributed by atoms with Crippen LogP contribution in [-0.4, -0.2) is 47.1 Å². The number of hydrogen-bond donors (Lipinski definition) is 1. The maximum Gasteiger partial charge on any atom is 0.431 e. The first-order chi connectivity index (χ1) is 11.6. The average Bonchev–Trinajstić information content (AvgIpc) is 2.95. The Morgan fingerprint density at radius 1 is 1.32 bits per heavy atom. The van der Waals surface area contributed by atoms with Crippen molar-refractivity contribution in [2.24, 2.45) is 4.99 Å². The van der Waals surface area contributed by atoms with E-state index in [4.69, 9.17) is 16.7 Å². The van der Waals surface area contributed by atoms with Crippen molar-refractivity contribution in [2.75, 3.05) is 18.0 Å². The summed E-state index contributed by atoms with van der Waals surface area (Å²) in [6.45, 7) is -0.182. The summed E-state index contributed by atoms with van der Waals surface area (Å²) >= 11 is 5.64. The summed E-state index contributed by atoms with van der Waals surface area (Å²) in [7, 11) is 0. The van der Waals surface area contributed by atoms with Crippen LogP contribution in [0.1, 0.15) is 10.4 Å². The molecule has 132 valence electrons. The van der Waals surface area contributed by atoms with Gasteiger partial charge in [-0.05, 0) is 12.1 Å². The summed E-state index contributed by atoms with van der Waals surface area (Å²) in [5, 5.41) is 8.66. The Labute approximate surface area is 142 Å². The van der Waals surface area contributed by atoms with E-state index in [9.17, 15) is 27.2 Å². The lowest BCUT2D eigenvalue weighted by Gasteiger charge is -2.35. The predicted molar refractivity (Wildman–Crippen MR) is 79.0 cm³/mol. The van der Waals surface area contributed by atoms with E-state index in [0.717, 1.165) is 11.0 Å². The van der Waals surface area contributed by atoms with Gasteiger partial charge in [-0.2, -0.15) is 13.2 Å². The highest BCUT2D eigenvalue weighted by Crippen LogP contribution is 2.36. The van der Waals surface area contributed by atoms with Crippen molar-refractivity contribution in [1.82, 2.24) is 4.90 Å². The van der Waals surface area contributed by atoms with Crippen LogP contribution in [0.5, 0.6) is 0 Å². The van der Waals surface area contributed by atoms with Crippen molar-refractivity contribution in [2.45, 2.75) is 6.18 Å². The molecule has 0 spiro atoms. The highest BCUT2D eigenvalue weighted by atomic mass is 35.5. The number of allylic oxidation sites excluding steroid dienone is 1. The van der Waals surface area contributed by atoms with Crippen LogP contribution in [0.25, 0.3) is 0 Å². The van der Waals surface area contributed by atoms with Crippen LogP contribution >= 0.6 is 11.6 Å². The second-order valence-corrected chi connectivity index (χ2v) is 5.53. The quantitative estimate of drug-likeness (QED) is 0.804. The third-order valence-electron chi connectivity index (χ3n) is 3.59. The van der Waals surface area contributed by atoms with Crippen LogP contribution < -0.4 is 4.90 Å². The van der Waals surface area contributed by atoms with Gasteiger partial charge in [0.15, 0.2) is 0 Å². The van der Waals surface area contributed by atoms with E-state index in [0.29, 0.717) is 17.0 Å². The minimum Gasteiger partial charge on any atom is -0.478 e. The second-order valence-electron chi connectivity index (χ2n) is 5.12. The van der Waals surface area contributed by atoms with Crippen LogP contribution in [-0.2, 0) is 4.79 Å². The van der Waals surface area contributed by atoms with E-state index in [1.165, 1.54) is 0 Å². The number of carbonyl (C=O) groups excluding carboxylic acids is 1. The zero-order chi connectivity index (χ0) is 18.5. The summed E-state index contributed by atoms with van der Waals surface area (Å²) in [6.07, 6.45) is -4.48. The molecule has 1 amide bonds. The molecule has 6 nitrogen and oxygen atoms in total. The molecule has 1 N–H and O–H groups in total. The van der Waals surface area contributed by atoms with Gasteiger partial charge < -0.3 is 10.0 Å². The first-order valence-electron chi connectivity index (χ1n) is 6.78. The zero-order valence-corrected chi connectivity index (χ0v) is 12.9. The van der Waals surface area contributed by atoms with Gasteiger partial charge in [-0.25, -0.2) is 14.1 Å². The number of carbonyl (C=O) groups is 2. The molecule has 2 aliphatic heterocycles. The van der Waals surface area contributed by atoms with Gasteiger partial charge in [-0.3, -0.25) is 9.79 Å². The third-order valence-corrected chi connectivity index (χ3v) is 3.90. The molecule has 25 heavy (non-hydrogen) atoms. The molecule has 11 heteroatoms. The lowest BCUT2D eigenvalue weighted by molar-refractivity contribution is -0.119. The molecule has 0 aliphatic carbocycles. The minimum absolute atomic E-state index is 0.0342. The zero-order valence-electron chi connectivity index (χ0n) is 12.1. The van der Waals surface area contributed by atoms with Crippen LogP contribution in [0, 0.1) is 5.82 Å². The van der Waals surface area contributed by atoms with E-state index < -0.39 is 51.8 Å². The molecule has 0 radical (unpaired) electrons. The topological polar surface area (TPSA) is 73.2 Å². The number of carboxylic acids is 1. The van der Waals surface area contributed by atoms with Crippen molar-refractivity contribution < 1.29 is 32.3 Å². The summed E-state index contributed by atoms with van der Waals surface area (Å²) in [5.41, 5.74) is -2.26. The lowest BCUT2D eigenvalue weighted by atomic mass is 10.1. The van der Waals surface area contributed by atoms with Crippen LogP contribution in [0.2, 0.25) is 5.02 Å². The SMILES string of the molecule is O=C(O)c1cc(N2C(=O)C=C(C(F)(F)F)N3CCN=C32)c(F)cc1Cl. The third kappa shape index (κ3) is 2.82. The second kappa shape index (κ2) is 5.73. The molecule has 0 atom stereocenters. The standard InChI is InChI=1S/C14H8ClF4N3O3/c15-7-4-8(16)9(3-6(7)12(24)25)22-11(23)5-10(14(17,18)19)21-2-1-20-13(21)22/h3-5H,1-2H2,(H,24,25). The molecule has 2 aliphatic rings. The number of alkyl halides is 3. The molecule has 0 fully saturated rings. The first-order valence-corrected chi connectivity index (χ1v) is 7.16. The maximum atomic E-state index is 14.3. The molecule has 0 saturated carbocycles. The highest BCUT2D eigenvalue weighted by Gasteiger charge is 2.47. The molecular weight excluding hydrogens is 370 g/mol. The summed E-state index contributed by atoms with van der Waals surface area (Å²) in [4.78, 5) is 28.5. The van der Waals surface area contributed by atoms with E-state index in [1.807, 2.05) is 0 Å². The Kier molecular flexibility index (Phi) is 3.94. The molecule has 0 unspecified atom stereocenters. The fourth-order valence-electron chi connectivity index (χ4n) is 2.55. The van der Waals surface area contributed by atoms with Gasteiger partial charge in [0.2, 0.25) is 5.96 Å². The number of fused-ring (bicyclic) bond motifs is 1. The van der Waals surface area contributed by atoms with Crippen LogP contribution in [0.4, 0.5) is 23.2 Å². The molecule has 3 rings (SSSR count). The molecular formula is C14H8ClF4N3O3. The monoisotopic (exact) mass is 377 g/mol. The average molecular weight is 378 g/mol. The van der Waals surface area contributed by atoms with E-state index in [-0.39, 0.29) is 13.1 Å². The molecule has 1 aromatic rings. The van der Waals surface area contributed by atoms with Crippen molar-refractivity contribution in [3.8, 4) is 0 Å². The number of carboxylic acid groups (broad SMARTS) is 1. The highest BCUT2D eigenvalue weighted by molar-refractivity contribution is 6.34. The number of rotatable bonds is 2. The number of anilines is 1. The number of aliphatic imine (C=N–C) groups is 1. The molecule has 2 heterocycles. The fourth-order valence-corrected chi connectivity index (χ4v) is 2.78. The number of guanidine groups is 1. The van der Waals surface area contributed by atoms with Gasteiger partial charge in [0.25, 0.3) is 5.91 Å².